The number of hydrogen-bond donors (Lipinski definition) is 1. The summed E-state index contributed by atoms with van der Waals surface area (Å²) in [5, 5.41) is 6.33. The smallest absolute Gasteiger partial charge is 0.324 e. The van der Waals surface area contributed by atoms with Crippen LogP contribution in [0.4, 0.5) is 18.9 Å². The molecule has 106 valence electrons. The minimum Gasteiger partial charge on any atom is -0.324 e. The molecule has 0 bridgehead atoms. The third kappa shape index (κ3) is 3.74. The van der Waals surface area contributed by atoms with Crippen LogP contribution in [0, 0.1) is 0 Å². The minimum absolute atomic E-state index is 0.307. The summed E-state index contributed by atoms with van der Waals surface area (Å²) in [4.78, 5) is 11.6. The number of anilines is 1. The number of halogens is 4. The highest BCUT2D eigenvalue weighted by molar-refractivity contribution is 6.30. The van der Waals surface area contributed by atoms with Crippen LogP contribution < -0.4 is 5.32 Å². The molecule has 1 heterocycles. The minimum atomic E-state index is -4.52. The molecule has 1 aromatic heterocycles. The summed E-state index contributed by atoms with van der Waals surface area (Å²) in [6, 6.07) is 7.17. The topological polar surface area (TPSA) is 46.9 Å². The molecule has 2 rings (SSSR count). The maximum absolute atomic E-state index is 12.3. The van der Waals surface area contributed by atoms with Crippen molar-refractivity contribution >= 4 is 23.2 Å². The van der Waals surface area contributed by atoms with Gasteiger partial charge in [0.05, 0.1) is 0 Å². The van der Waals surface area contributed by atoms with Crippen molar-refractivity contribution in [3.8, 4) is 0 Å². The Morgan fingerprint density at radius 3 is 2.45 bits per heavy atom. The molecule has 1 amide bonds. The van der Waals surface area contributed by atoms with Gasteiger partial charge in [-0.05, 0) is 30.3 Å². The Kier molecular flexibility index (Phi) is 3.99. The summed E-state index contributed by atoms with van der Waals surface area (Å²) in [5.41, 5.74) is -0.528. The summed E-state index contributed by atoms with van der Waals surface area (Å²) in [6.07, 6.45) is -3.41. The average molecular weight is 304 g/mol. The van der Waals surface area contributed by atoms with Gasteiger partial charge in [0.1, 0.15) is 6.54 Å². The molecule has 0 unspecified atom stereocenters. The Hall–Kier alpha value is -2.02. The highest BCUT2D eigenvalue weighted by atomic mass is 35.5. The van der Waals surface area contributed by atoms with Crippen LogP contribution in [0.5, 0.6) is 0 Å². The second-order valence-electron chi connectivity index (χ2n) is 3.95. The van der Waals surface area contributed by atoms with Gasteiger partial charge in [-0.2, -0.15) is 18.3 Å². The SMILES string of the molecule is O=C(Cn1ccc(C(F)(F)F)n1)Nc1ccc(Cl)cc1. The first-order valence-corrected chi connectivity index (χ1v) is 5.88. The number of nitrogens with zero attached hydrogens (tertiary/aromatic N) is 2. The van der Waals surface area contributed by atoms with E-state index in [0.29, 0.717) is 10.7 Å². The molecule has 0 aliphatic heterocycles. The van der Waals surface area contributed by atoms with Crippen molar-refractivity contribution < 1.29 is 18.0 Å². The first kappa shape index (κ1) is 14.4. The molecule has 2 aromatic rings. The monoisotopic (exact) mass is 303 g/mol. The molecule has 4 nitrogen and oxygen atoms in total. The lowest BCUT2D eigenvalue weighted by Crippen LogP contribution is -2.19. The molecular formula is C12H9ClF3N3O. The Bertz CT molecular complexity index is 607. The number of amides is 1. The maximum atomic E-state index is 12.3. The molecule has 1 N–H and O–H groups in total. The number of alkyl halides is 3. The van der Waals surface area contributed by atoms with Gasteiger partial charge in [-0.1, -0.05) is 11.6 Å². The summed E-state index contributed by atoms with van der Waals surface area (Å²) < 4.78 is 37.9. The van der Waals surface area contributed by atoms with Crippen LogP contribution in [0.15, 0.2) is 36.5 Å². The lowest BCUT2D eigenvalue weighted by Gasteiger charge is -2.05. The van der Waals surface area contributed by atoms with Crippen LogP contribution in [0.3, 0.4) is 0 Å². The maximum Gasteiger partial charge on any atom is 0.435 e. The Labute approximate surface area is 117 Å². The number of carbonyl (C=O) groups is 1. The van der Waals surface area contributed by atoms with Crippen molar-refractivity contribution in [1.29, 1.82) is 0 Å². The van der Waals surface area contributed by atoms with Gasteiger partial charge in [-0.15, -0.1) is 0 Å². The van der Waals surface area contributed by atoms with Gasteiger partial charge >= 0.3 is 6.18 Å². The van der Waals surface area contributed by atoms with Gasteiger partial charge in [0.25, 0.3) is 0 Å². The number of hydrogen-bond acceptors (Lipinski definition) is 2. The fourth-order valence-electron chi connectivity index (χ4n) is 1.48. The van der Waals surface area contributed by atoms with E-state index >= 15 is 0 Å². The third-order valence-electron chi connectivity index (χ3n) is 2.36. The quantitative estimate of drug-likeness (QED) is 0.946. The molecule has 0 saturated carbocycles. The van der Waals surface area contributed by atoms with Crippen LogP contribution in [-0.2, 0) is 17.5 Å². The summed E-state index contributed by atoms with van der Waals surface area (Å²) >= 11 is 5.69. The van der Waals surface area contributed by atoms with E-state index in [1.54, 1.807) is 24.3 Å². The highest BCUT2D eigenvalue weighted by Crippen LogP contribution is 2.27. The van der Waals surface area contributed by atoms with E-state index in [2.05, 4.69) is 10.4 Å². The number of aromatic nitrogens is 2. The molecule has 0 aliphatic carbocycles. The predicted molar refractivity (Wildman–Crippen MR) is 67.3 cm³/mol. The van der Waals surface area contributed by atoms with Crippen LogP contribution in [0.1, 0.15) is 5.69 Å². The van der Waals surface area contributed by atoms with Crippen LogP contribution in [-0.4, -0.2) is 15.7 Å². The largest absolute Gasteiger partial charge is 0.435 e. The average Bonchev–Trinajstić information content (AvgIpc) is 2.80. The molecule has 0 fully saturated rings. The first-order chi connectivity index (χ1) is 9.34. The standard InChI is InChI=1S/C12H9ClF3N3O/c13-8-1-3-9(4-2-8)17-11(20)7-19-6-5-10(18-19)12(14,15)16/h1-6H,7H2,(H,17,20). The van der Waals surface area contributed by atoms with Gasteiger partial charge in [0.2, 0.25) is 5.91 Å². The zero-order chi connectivity index (χ0) is 14.8. The lowest BCUT2D eigenvalue weighted by molar-refractivity contribution is -0.141. The number of rotatable bonds is 3. The zero-order valence-corrected chi connectivity index (χ0v) is 10.7. The molecule has 0 saturated heterocycles. The zero-order valence-electron chi connectivity index (χ0n) is 9.99. The van der Waals surface area contributed by atoms with Crippen LogP contribution in [0.2, 0.25) is 5.02 Å². The number of nitrogens with one attached hydrogen (secondary N) is 1. The fraction of sp³-hybridized carbons (Fsp3) is 0.167. The van der Waals surface area contributed by atoms with Crippen molar-refractivity contribution in [3.63, 3.8) is 0 Å². The van der Waals surface area contributed by atoms with E-state index in [0.717, 1.165) is 16.9 Å². The summed E-state index contributed by atoms with van der Waals surface area (Å²) in [6.45, 7) is -0.307. The molecule has 0 atom stereocenters. The molecule has 8 heteroatoms. The van der Waals surface area contributed by atoms with Crippen molar-refractivity contribution in [2.75, 3.05) is 5.32 Å². The molecule has 1 aromatic carbocycles. The number of carbonyl (C=O) groups excluding carboxylic acids is 1. The highest BCUT2D eigenvalue weighted by Gasteiger charge is 2.33. The van der Waals surface area contributed by atoms with Gasteiger partial charge in [-0.3, -0.25) is 9.48 Å². The van der Waals surface area contributed by atoms with E-state index in [9.17, 15) is 18.0 Å². The predicted octanol–water partition coefficient (Wildman–Crippen LogP) is 3.19. The number of benzene rings is 1. The summed E-state index contributed by atoms with van der Waals surface area (Å²) in [7, 11) is 0. The van der Waals surface area contributed by atoms with E-state index in [1.807, 2.05) is 0 Å². The van der Waals surface area contributed by atoms with Crippen molar-refractivity contribution in [2.45, 2.75) is 12.7 Å². The Morgan fingerprint density at radius 2 is 1.90 bits per heavy atom. The normalized spacial score (nSPS) is 11.4. The molecule has 0 radical (unpaired) electrons. The van der Waals surface area contributed by atoms with E-state index < -0.39 is 17.8 Å². The fourth-order valence-corrected chi connectivity index (χ4v) is 1.61. The third-order valence-corrected chi connectivity index (χ3v) is 2.62. The summed E-state index contributed by atoms with van der Waals surface area (Å²) in [5.74, 6) is -0.482. The molecule has 20 heavy (non-hydrogen) atoms. The Balaban J connectivity index is 1.98. The van der Waals surface area contributed by atoms with E-state index in [1.165, 1.54) is 0 Å². The van der Waals surface area contributed by atoms with Crippen LogP contribution >= 0.6 is 11.6 Å². The van der Waals surface area contributed by atoms with Gasteiger partial charge < -0.3 is 5.32 Å². The van der Waals surface area contributed by atoms with E-state index in [-0.39, 0.29) is 6.54 Å². The second-order valence-corrected chi connectivity index (χ2v) is 4.39. The van der Waals surface area contributed by atoms with Gasteiger partial charge in [-0.25, -0.2) is 0 Å². The van der Waals surface area contributed by atoms with Gasteiger partial charge in [0.15, 0.2) is 5.69 Å². The van der Waals surface area contributed by atoms with E-state index in [4.69, 9.17) is 11.6 Å². The second kappa shape index (κ2) is 5.54. The first-order valence-electron chi connectivity index (χ1n) is 5.51. The molecule has 0 spiro atoms. The van der Waals surface area contributed by atoms with Crippen molar-refractivity contribution in [3.05, 3.63) is 47.2 Å². The lowest BCUT2D eigenvalue weighted by atomic mass is 10.3. The van der Waals surface area contributed by atoms with Crippen molar-refractivity contribution in [2.24, 2.45) is 0 Å². The Morgan fingerprint density at radius 1 is 1.25 bits per heavy atom. The van der Waals surface area contributed by atoms with Crippen LogP contribution in [0.25, 0.3) is 0 Å². The van der Waals surface area contributed by atoms with Gasteiger partial charge in [0, 0.05) is 16.9 Å². The molecule has 0 aliphatic rings. The molecular weight excluding hydrogens is 295 g/mol. The van der Waals surface area contributed by atoms with Crippen molar-refractivity contribution in [1.82, 2.24) is 9.78 Å².